The molecule has 4 heteroatoms. The zero-order chi connectivity index (χ0) is 16.5. The second kappa shape index (κ2) is 6.06. The second-order valence-electron chi connectivity index (χ2n) is 5.87. The molecule has 122 valence electrons. The van der Waals surface area contributed by atoms with Gasteiger partial charge in [0.15, 0.2) is 11.5 Å². The van der Waals surface area contributed by atoms with E-state index in [1.54, 1.807) is 0 Å². The first-order valence-corrected chi connectivity index (χ1v) is 8.26. The summed E-state index contributed by atoms with van der Waals surface area (Å²) in [6, 6.07) is 18.5. The first kappa shape index (κ1) is 14.8. The summed E-state index contributed by atoms with van der Waals surface area (Å²) in [6.07, 6.45) is 0. The Balaban J connectivity index is 1.73. The number of ether oxygens (including phenoxy) is 1. The van der Waals surface area contributed by atoms with Crippen molar-refractivity contribution in [2.24, 2.45) is 0 Å². The summed E-state index contributed by atoms with van der Waals surface area (Å²) in [5, 5.41) is 15.1. The molecule has 4 rings (SSSR count). The molecule has 1 aliphatic heterocycles. The van der Waals surface area contributed by atoms with Crippen molar-refractivity contribution >= 4 is 27.8 Å². The van der Waals surface area contributed by atoms with E-state index in [-0.39, 0.29) is 6.61 Å². The van der Waals surface area contributed by atoms with Gasteiger partial charge >= 0.3 is 0 Å². The van der Waals surface area contributed by atoms with Gasteiger partial charge in [-0.15, -0.1) is 0 Å². The van der Waals surface area contributed by atoms with Crippen molar-refractivity contribution in [2.45, 2.75) is 6.92 Å². The molecule has 0 unspecified atom stereocenters. The monoisotopic (exact) mass is 320 g/mol. The summed E-state index contributed by atoms with van der Waals surface area (Å²) in [7, 11) is 0. The normalized spacial score (nSPS) is 12.1. The highest BCUT2D eigenvalue weighted by molar-refractivity contribution is 6.00. The SMILES string of the molecule is CCN(CCO)c1ccc2c(c1)Oc1ccc3ccccc3c1N2. The third kappa shape index (κ3) is 2.45. The minimum absolute atomic E-state index is 0.138. The van der Waals surface area contributed by atoms with Gasteiger partial charge in [-0.1, -0.05) is 30.3 Å². The van der Waals surface area contributed by atoms with Crippen LogP contribution in [0.2, 0.25) is 0 Å². The van der Waals surface area contributed by atoms with Crippen molar-refractivity contribution < 1.29 is 9.84 Å². The maximum Gasteiger partial charge on any atom is 0.153 e. The Labute approximate surface area is 141 Å². The summed E-state index contributed by atoms with van der Waals surface area (Å²) in [5.41, 5.74) is 3.02. The predicted octanol–water partition coefficient (Wildman–Crippen LogP) is 4.51. The van der Waals surface area contributed by atoms with Crippen molar-refractivity contribution in [2.75, 3.05) is 29.9 Å². The first-order valence-electron chi connectivity index (χ1n) is 8.26. The quantitative estimate of drug-likeness (QED) is 0.581. The molecule has 1 aliphatic rings. The number of nitrogens with zero attached hydrogens (tertiary/aromatic N) is 1. The van der Waals surface area contributed by atoms with Crippen LogP contribution < -0.4 is 15.0 Å². The molecule has 1 heterocycles. The molecule has 2 N–H and O–H groups in total. The fraction of sp³-hybridized carbons (Fsp3) is 0.200. The molecule has 3 aromatic carbocycles. The molecule has 0 saturated heterocycles. The van der Waals surface area contributed by atoms with Gasteiger partial charge < -0.3 is 20.1 Å². The summed E-state index contributed by atoms with van der Waals surface area (Å²) in [6.45, 7) is 3.67. The topological polar surface area (TPSA) is 44.7 Å². The maximum absolute atomic E-state index is 9.21. The summed E-state index contributed by atoms with van der Waals surface area (Å²) < 4.78 is 6.15. The van der Waals surface area contributed by atoms with Crippen LogP contribution in [0.5, 0.6) is 11.5 Å². The number of hydrogen-bond acceptors (Lipinski definition) is 4. The van der Waals surface area contributed by atoms with Gasteiger partial charge in [-0.3, -0.25) is 0 Å². The van der Waals surface area contributed by atoms with Gasteiger partial charge in [0.25, 0.3) is 0 Å². The largest absolute Gasteiger partial charge is 0.453 e. The zero-order valence-electron chi connectivity index (χ0n) is 13.6. The number of nitrogens with one attached hydrogen (secondary N) is 1. The van der Waals surface area contributed by atoms with Crippen LogP contribution in [0.15, 0.2) is 54.6 Å². The second-order valence-corrected chi connectivity index (χ2v) is 5.87. The number of benzene rings is 3. The Morgan fingerprint density at radius 1 is 1.04 bits per heavy atom. The van der Waals surface area contributed by atoms with E-state index in [1.807, 2.05) is 30.3 Å². The van der Waals surface area contributed by atoms with Crippen LogP contribution in [0.25, 0.3) is 10.8 Å². The van der Waals surface area contributed by atoms with Crippen LogP contribution >= 0.6 is 0 Å². The Bertz CT molecular complexity index is 892. The average molecular weight is 320 g/mol. The molecular formula is C20H20N2O2. The van der Waals surface area contributed by atoms with E-state index in [0.717, 1.165) is 40.5 Å². The third-order valence-electron chi connectivity index (χ3n) is 4.45. The lowest BCUT2D eigenvalue weighted by Gasteiger charge is -2.27. The molecule has 0 radical (unpaired) electrons. The van der Waals surface area contributed by atoms with E-state index in [4.69, 9.17) is 4.74 Å². The van der Waals surface area contributed by atoms with Gasteiger partial charge in [0.1, 0.15) is 0 Å². The van der Waals surface area contributed by atoms with E-state index in [9.17, 15) is 5.11 Å². The third-order valence-corrected chi connectivity index (χ3v) is 4.45. The molecule has 0 saturated carbocycles. The molecule has 3 aromatic rings. The van der Waals surface area contributed by atoms with E-state index in [0.29, 0.717) is 6.54 Å². The Morgan fingerprint density at radius 2 is 1.92 bits per heavy atom. The molecule has 0 fully saturated rings. The Morgan fingerprint density at radius 3 is 2.75 bits per heavy atom. The Kier molecular flexibility index (Phi) is 3.75. The highest BCUT2D eigenvalue weighted by Crippen LogP contribution is 2.46. The number of aliphatic hydroxyl groups excluding tert-OH is 1. The number of hydrogen-bond donors (Lipinski definition) is 2. The molecule has 4 nitrogen and oxygen atoms in total. The standard InChI is InChI=1S/C20H20N2O2/c1-2-22(11-12-23)15-8-9-17-19(13-15)24-18-10-7-14-5-3-4-6-16(14)20(18)21-17/h3-10,13,21,23H,2,11-12H2,1H3. The first-order chi connectivity index (χ1) is 11.8. The average Bonchev–Trinajstić information content (AvgIpc) is 2.64. The summed E-state index contributed by atoms with van der Waals surface area (Å²) >= 11 is 0. The molecule has 0 aromatic heterocycles. The molecular weight excluding hydrogens is 300 g/mol. The van der Waals surface area contributed by atoms with Crippen molar-refractivity contribution in [1.82, 2.24) is 0 Å². The van der Waals surface area contributed by atoms with Crippen molar-refractivity contribution in [3.63, 3.8) is 0 Å². The lowest BCUT2D eigenvalue weighted by atomic mass is 10.1. The van der Waals surface area contributed by atoms with Crippen LogP contribution in [0.4, 0.5) is 17.1 Å². The Hall–Kier alpha value is -2.72. The lowest BCUT2D eigenvalue weighted by Crippen LogP contribution is -2.26. The van der Waals surface area contributed by atoms with Gasteiger partial charge in [0.2, 0.25) is 0 Å². The molecule has 0 aliphatic carbocycles. The van der Waals surface area contributed by atoms with Crippen LogP contribution in [0, 0.1) is 0 Å². The smallest absolute Gasteiger partial charge is 0.153 e. The molecule has 0 spiro atoms. The van der Waals surface area contributed by atoms with E-state index < -0.39 is 0 Å². The van der Waals surface area contributed by atoms with E-state index >= 15 is 0 Å². The van der Waals surface area contributed by atoms with Gasteiger partial charge in [0, 0.05) is 30.2 Å². The highest BCUT2D eigenvalue weighted by atomic mass is 16.5. The summed E-state index contributed by atoms with van der Waals surface area (Å²) in [4.78, 5) is 2.12. The zero-order valence-corrected chi connectivity index (χ0v) is 13.6. The van der Waals surface area contributed by atoms with Crippen LogP contribution in [0.1, 0.15) is 6.92 Å². The van der Waals surface area contributed by atoms with Gasteiger partial charge in [-0.2, -0.15) is 0 Å². The fourth-order valence-corrected chi connectivity index (χ4v) is 3.20. The summed E-state index contributed by atoms with van der Waals surface area (Å²) in [5.74, 6) is 1.65. The van der Waals surface area contributed by atoms with Gasteiger partial charge in [-0.25, -0.2) is 0 Å². The lowest BCUT2D eigenvalue weighted by molar-refractivity contribution is 0.302. The number of anilines is 3. The number of rotatable bonds is 4. The van der Waals surface area contributed by atoms with Crippen molar-refractivity contribution in [1.29, 1.82) is 0 Å². The number of fused-ring (bicyclic) bond motifs is 4. The van der Waals surface area contributed by atoms with Crippen LogP contribution in [-0.4, -0.2) is 24.8 Å². The number of likely N-dealkylation sites (N-methyl/N-ethyl adjacent to an activating group) is 1. The predicted molar refractivity (Wildman–Crippen MR) is 98.7 cm³/mol. The van der Waals surface area contributed by atoms with E-state index in [2.05, 4.69) is 41.4 Å². The minimum atomic E-state index is 0.138. The highest BCUT2D eigenvalue weighted by Gasteiger charge is 2.19. The van der Waals surface area contributed by atoms with Gasteiger partial charge in [-0.05, 0) is 30.5 Å². The molecule has 0 atom stereocenters. The number of aliphatic hydroxyl groups is 1. The molecule has 0 bridgehead atoms. The van der Waals surface area contributed by atoms with Gasteiger partial charge in [0.05, 0.1) is 18.0 Å². The van der Waals surface area contributed by atoms with E-state index in [1.165, 1.54) is 5.39 Å². The van der Waals surface area contributed by atoms with Crippen molar-refractivity contribution in [3.8, 4) is 11.5 Å². The molecule has 24 heavy (non-hydrogen) atoms. The fourth-order valence-electron chi connectivity index (χ4n) is 3.20. The van der Waals surface area contributed by atoms with Crippen LogP contribution in [0.3, 0.4) is 0 Å². The maximum atomic E-state index is 9.21. The minimum Gasteiger partial charge on any atom is -0.453 e. The molecule has 0 amide bonds. The van der Waals surface area contributed by atoms with Crippen LogP contribution in [-0.2, 0) is 0 Å². The van der Waals surface area contributed by atoms with Crippen molar-refractivity contribution in [3.05, 3.63) is 54.6 Å².